The van der Waals surface area contributed by atoms with E-state index < -0.39 is 41.5 Å². The third kappa shape index (κ3) is 2.07. The second-order valence-corrected chi connectivity index (χ2v) is 5.09. The summed E-state index contributed by atoms with van der Waals surface area (Å²) in [4.78, 5) is 3.46. The molecule has 2 atom stereocenters. The second kappa shape index (κ2) is 4.92. The maximum absolute atomic E-state index is 15.1. The van der Waals surface area contributed by atoms with Gasteiger partial charge in [-0.15, -0.1) is 0 Å². The fraction of sp³-hybridized carbons (Fsp3) is 0.545. The highest BCUT2D eigenvalue weighted by atomic mass is 35.5. The summed E-state index contributed by atoms with van der Waals surface area (Å²) < 4.78 is 60.9. The maximum Gasteiger partial charge on any atom is 0.269 e. The molecule has 1 heterocycles. The SMILES string of the molecule is NC1=CC(Cl)=C(F)C(F)(C2(C(F)F)COCC(N)=N2)C1. The van der Waals surface area contributed by atoms with Crippen LogP contribution >= 0.6 is 11.6 Å². The Morgan fingerprint density at radius 1 is 1.40 bits per heavy atom. The average Bonchev–Trinajstić information content (AvgIpc) is 2.35. The van der Waals surface area contributed by atoms with Crippen LogP contribution in [0.1, 0.15) is 6.42 Å². The van der Waals surface area contributed by atoms with E-state index in [1.165, 1.54) is 0 Å². The van der Waals surface area contributed by atoms with Gasteiger partial charge in [0.1, 0.15) is 12.4 Å². The molecule has 0 saturated carbocycles. The minimum atomic E-state index is -3.35. The lowest BCUT2D eigenvalue weighted by Gasteiger charge is -2.43. The molecule has 20 heavy (non-hydrogen) atoms. The van der Waals surface area contributed by atoms with Crippen molar-refractivity contribution in [3.8, 4) is 0 Å². The Labute approximate surface area is 117 Å². The van der Waals surface area contributed by atoms with Gasteiger partial charge in [0, 0.05) is 12.1 Å². The topological polar surface area (TPSA) is 73.6 Å². The number of aliphatic imine (C=N–C) groups is 1. The summed E-state index contributed by atoms with van der Waals surface area (Å²) in [5.74, 6) is -1.89. The molecule has 4 N–H and O–H groups in total. The van der Waals surface area contributed by atoms with Gasteiger partial charge in [-0.1, -0.05) is 11.6 Å². The predicted molar refractivity (Wildman–Crippen MR) is 65.9 cm³/mol. The van der Waals surface area contributed by atoms with Crippen LogP contribution in [0.4, 0.5) is 17.6 Å². The number of hydrogen-bond acceptors (Lipinski definition) is 4. The van der Waals surface area contributed by atoms with Crippen LogP contribution in [0.15, 0.2) is 27.6 Å². The van der Waals surface area contributed by atoms with Gasteiger partial charge < -0.3 is 16.2 Å². The minimum Gasteiger partial charge on any atom is -0.402 e. The third-order valence-corrected chi connectivity index (χ3v) is 3.55. The van der Waals surface area contributed by atoms with Crippen molar-refractivity contribution in [3.05, 3.63) is 22.6 Å². The molecule has 4 nitrogen and oxygen atoms in total. The van der Waals surface area contributed by atoms with Crippen LogP contribution < -0.4 is 11.5 Å². The number of ether oxygens (including phenoxy) is 1. The standard InChI is InChI=1S/C11H12ClF4N3O/c12-6-1-5(17)2-10(16,8(6)13)11(9(14)15)4-20-3-7(18)19-11/h1,9H,2-4,17H2,(H2,18,19). The molecule has 0 aromatic rings. The lowest BCUT2D eigenvalue weighted by atomic mass is 9.75. The van der Waals surface area contributed by atoms with Crippen molar-refractivity contribution in [2.45, 2.75) is 24.1 Å². The van der Waals surface area contributed by atoms with Crippen LogP contribution in [-0.4, -0.2) is 36.7 Å². The molecule has 9 heteroatoms. The number of hydrogen-bond donors (Lipinski definition) is 2. The van der Waals surface area contributed by atoms with Crippen LogP contribution in [-0.2, 0) is 4.74 Å². The highest BCUT2D eigenvalue weighted by Gasteiger charge is 2.64. The van der Waals surface area contributed by atoms with Gasteiger partial charge in [0.25, 0.3) is 6.43 Å². The van der Waals surface area contributed by atoms with Crippen molar-refractivity contribution in [3.63, 3.8) is 0 Å². The molecule has 0 fully saturated rings. The fourth-order valence-electron chi connectivity index (χ4n) is 2.29. The Morgan fingerprint density at radius 2 is 2.05 bits per heavy atom. The summed E-state index contributed by atoms with van der Waals surface area (Å²) in [6.07, 6.45) is -3.18. The molecular weight excluding hydrogens is 302 g/mol. The van der Waals surface area contributed by atoms with E-state index in [2.05, 4.69) is 4.99 Å². The molecule has 0 spiro atoms. The number of rotatable bonds is 2. The Hall–Kier alpha value is -1.28. The van der Waals surface area contributed by atoms with Crippen molar-refractivity contribution in [2.24, 2.45) is 16.5 Å². The van der Waals surface area contributed by atoms with Gasteiger partial charge in [-0.2, -0.15) is 0 Å². The molecule has 0 radical (unpaired) electrons. The van der Waals surface area contributed by atoms with E-state index in [1.807, 2.05) is 0 Å². The first kappa shape index (κ1) is 15.1. The summed E-state index contributed by atoms with van der Waals surface area (Å²) in [5.41, 5.74) is 4.59. The zero-order chi connectivity index (χ0) is 15.1. The van der Waals surface area contributed by atoms with Crippen molar-refractivity contribution in [1.29, 1.82) is 0 Å². The van der Waals surface area contributed by atoms with E-state index in [0.29, 0.717) is 0 Å². The maximum atomic E-state index is 15.1. The normalized spacial score (nSPS) is 35.1. The number of amidine groups is 1. The largest absolute Gasteiger partial charge is 0.402 e. The molecular formula is C11H12ClF4N3O. The number of nitrogens with two attached hydrogens (primary N) is 2. The van der Waals surface area contributed by atoms with Gasteiger partial charge in [-0.3, -0.25) is 4.99 Å². The van der Waals surface area contributed by atoms with Gasteiger partial charge in [0.05, 0.1) is 11.6 Å². The zero-order valence-electron chi connectivity index (χ0n) is 10.2. The van der Waals surface area contributed by atoms with Crippen LogP contribution in [0, 0.1) is 0 Å². The number of halogens is 5. The molecule has 2 rings (SSSR count). The highest BCUT2D eigenvalue weighted by Crippen LogP contribution is 2.49. The zero-order valence-corrected chi connectivity index (χ0v) is 10.9. The summed E-state index contributed by atoms with van der Waals surface area (Å²) >= 11 is 5.51. The van der Waals surface area contributed by atoms with Gasteiger partial charge in [0.15, 0.2) is 11.4 Å². The van der Waals surface area contributed by atoms with E-state index in [-0.39, 0.29) is 18.1 Å². The average molecular weight is 314 g/mol. The van der Waals surface area contributed by atoms with Crippen molar-refractivity contribution >= 4 is 17.4 Å². The highest BCUT2D eigenvalue weighted by molar-refractivity contribution is 6.31. The third-order valence-electron chi connectivity index (χ3n) is 3.28. The summed E-state index contributed by atoms with van der Waals surface area (Å²) in [7, 11) is 0. The smallest absolute Gasteiger partial charge is 0.269 e. The summed E-state index contributed by atoms with van der Waals surface area (Å²) in [6.45, 7) is -1.05. The molecule has 0 aromatic heterocycles. The lowest BCUT2D eigenvalue weighted by Crippen LogP contribution is -2.62. The monoisotopic (exact) mass is 313 g/mol. The van der Waals surface area contributed by atoms with Crippen LogP contribution in [0.2, 0.25) is 0 Å². The lowest BCUT2D eigenvalue weighted by molar-refractivity contribution is -0.0886. The molecule has 2 aliphatic rings. The molecule has 0 saturated heterocycles. The van der Waals surface area contributed by atoms with Gasteiger partial charge in [0.2, 0.25) is 5.67 Å². The molecule has 0 aromatic carbocycles. The first-order valence-electron chi connectivity index (χ1n) is 5.64. The van der Waals surface area contributed by atoms with Crippen LogP contribution in [0.3, 0.4) is 0 Å². The molecule has 0 bridgehead atoms. The van der Waals surface area contributed by atoms with Gasteiger partial charge in [-0.05, 0) is 6.08 Å². The number of nitrogens with zero attached hydrogens (tertiary/aromatic N) is 1. The first-order valence-corrected chi connectivity index (χ1v) is 6.01. The van der Waals surface area contributed by atoms with Crippen LogP contribution in [0.5, 0.6) is 0 Å². The van der Waals surface area contributed by atoms with E-state index in [0.717, 1.165) is 6.08 Å². The van der Waals surface area contributed by atoms with Gasteiger partial charge in [-0.25, -0.2) is 17.6 Å². The quantitative estimate of drug-likeness (QED) is 0.763. The van der Waals surface area contributed by atoms with E-state index in [4.69, 9.17) is 27.8 Å². The fourth-order valence-corrected chi connectivity index (χ4v) is 2.58. The summed E-state index contributed by atoms with van der Waals surface area (Å²) in [5, 5.41) is -0.671. The van der Waals surface area contributed by atoms with Crippen molar-refractivity contribution < 1.29 is 22.3 Å². The number of alkyl halides is 3. The molecule has 0 amide bonds. The molecule has 112 valence electrons. The van der Waals surface area contributed by atoms with Gasteiger partial charge >= 0.3 is 0 Å². The van der Waals surface area contributed by atoms with E-state index in [1.54, 1.807) is 0 Å². The Bertz CT molecular complexity index is 522. The second-order valence-electron chi connectivity index (χ2n) is 4.68. The summed E-state index contributed by atoms with van der Waals surface area (Å²) in [6, 6.07) is 0. The van der Waals surface area contributed by atoms with E-state index in [9.17, 15) is 13.2 Å². The van der Waals surface area contributed by atoms with Crippen LogP contribution in [0.25, 0.3) is 0 Å². The molecule has 1 aliphatic carbocycles. The Kier molecular flexibility index (Phi) is 3.72. The first-order chi connectivity index (χ1) is 9.23. The predicted octanol–water partition coefficient (Wildman–Crippen LogP) is 1.75. The van der Waals surface area contributed by atoms with Crippen molar-refractivity contribution in [1.82, 2.24) is 0 Å². The number of allylic oxidation sites excluding steroid dienone is 3. The Balaban J connectivity index is 2.61. The van der Waals surface area contributed by atoms with Crippen molar-refractivity contribution in [2.75, 3.05) is 13.2 Å². The molecule has 2 unspecified atom stereocenters. The minimum absolute atomic E-state index is 0.168. The van der Waals surface area contributed by atoms with E-state index >= 15 is 4.39 Å². The Morgan fingerprint density at radius 3 is 2.60 bits per heavy atom. The molecule has 1 aliphatic heterocycles.